The number of nitrogens with one attached hydrogen (secondary N) is 1. The normalized spacial score (nSPS) is 12.1. The number of aliphatic hydroxyl groups excluding tert-OH is 1. The number of aromatic hydroxyl groups is 1. The highest BCUT2D eigenvalue weighted by atomic mass is 35.5. The van der Waals surface area contributed by atoms with E-state index in [2.05, 4.69) is 25.5 Å². The second-order valence-corrected chi connectivity index (χ2v) is 8.93. The van der Waals surface area contributed by atoms with Crippen molar-refractivity contribution >= 4 is 52.3 Å². The summed E-state index contributed by atoms with van der Waals surface area (Å²) in [5.41, 5.74) is 2.64. The van der Waals surface area contributed by atoms with E-state index in [9.17, 15) is 10.2 Å². The Labute approximate surface area is 173 Å². The Balaban J connectivity index is 1.84. The molecule has 2 aromatic heterocycles. The highest BCUT2D eigenvalue weighted by Crippen LogP contribution is 2.40. The van der Waals surface area contributed by atoms with Crippen LogP contribution in [0.25, 0.3) is 0 Å². The zero-order chi connectivity index (χ0) is 19.2. The maximum Gasteiger partial charge on any atom is 0.231 e. The highest BCUT2D eigenvalue weighted by Gasteiger charge is 2.18. The number of rotatable bonds is 8. The lowest BCUT2D eigenvalue weighted by molar-refractivity contribution is 0.281. The number of halogens is 1. The number of aromatic nitrogens is 4. The summed E-state index contributed by atoms with van der Waals surface area (Å²) in [6.45, 7) is 1.75. The van der Waals surface area contributed by atoms with E-state index in [1.807, 2.05) is 31.2 Å². The SMILES string of the molecule is C[C@H](CO)Nc1nc(SCc2cccc(Cl)c2)nc(O)c1Sc1nncs1. The Morgan fingerprint density at radius 3 is 2.89 bits per heavy atom. The van der Waals surface area contributed by atoms with Gasteiger partial charge in [0.1, 0.15) is 16.2 Å². The largest absolute Gasteiger partial charge is 0.492 e. The minimum atomic E-state index is -0.237. The Morgan fingerprint density at radius 1 is 1.33 bits per heavy atom. The van der Waals surface area contributed by atoms with E-state index >= 15 is 0 Å². The fourth-order valence-corrected chi connectivity index (χ4v) is 4.47. The van der Waals surface area contributed by atoms with Gasteiger partial charge in [-0.05, 0) is 36.4 Å². The summed E-state index contributed by atoms with van der Waals surface area (Å²) in [4.78, 5) is 9.15. The number of hydrogen-bond donors (Lipinski definition) is 3. The predicted molar refractivity (Wildman–Crippen MR) is 109 cm³/mol. The third kappa shape index (κ3) is 5.69. The van der Waals surface area contributed by atoms with Crippen molar-refractivity contribution in [3.8, 4) is 5.88 Å². The first kappa shape index (κ1) is 20.2. The fraction of sp³-hybridized carbons (Fsp3) is 0.250. The molecule has 11 heteroatoms. The standard InChI is InChI=1S/C16H16ClN5O2S3/c1-9(6-23)19-13-12(27-16-22-18-8-26-16)14(24)21-15(20-13)25-7-10-3-2-4-11(17)5-10/h2-5,8-9,23H,6-7H2,1H3,(H2,19,20,21,24)/t9-/m1/s1. The quantitative estimate of drug-likeness (QED) is 0.354. The van der Waals surface area contributed by atoms with Crippen LogP contribution in [0.2, 0.25) is 5.02 Å². The average molecular weight is 442 g/mol. The average Bonchev–Trinajstić information content (AvgIpc) is 3.16. The molecule has 0 aliphatic heterocycles. The van der Waals surface area contributed by atoms with Crippen LogP contribution in [0.5, 0.6) is 5.88 Å². The molecule has 142 valence electrons. The molecule has 3 N–H and O–H groups in total. The summed E-state index contributed by atoms with van der Waals surface area (Å²) >= 11 is 9.97. The molecule has 3 rings (SSSR count). The molecule has 1 aromatic carbocycles. The van der Waals surface area contributed by atoms with Crippen molar-refractivity contribution < 1.29 is 10.2 Å². The van der Waals surface area contributed by atoms with Crippen molar-refractivity contribution in [3.05, 3.63) is 40.4 Å². The van der Waals surface area contributed by atoms with Crippen LogP contribution in [0.15, 0.2) is 44.2 Å². The van der Waals surface area contributed by atoms with E-state index in [1.165, 1.54) is 34.9 Å². The van der Waals surface area contributed by atoms with Crippen molar-refractivity contribution in [3.63, 3.8) is 0 Å². The molecule has 0 saturated carbocycles. The summed E-state index contributed by atoms with van der Waals surface area (Å²) in [7, 11) is 0. The molecule has 0 aliphatic rings. The van der Waals surface area contributed by atoms with E-state index in [0.717, 1.165) is 5.56 Å². The molecule has 0 spiro atoms. The van der Waals surface area contributed by atoms with Gasteiger partial charge in [-0.3, -0.25) is 0 Å². The van der Waals surface area contributed by atoms with Gasteiger partial charge in [0.15, 0.2) is 9.50 Å². The Kier molecular flexibility index (Phi) is 7.13. The molecule has 3 aromatic rings. The first-order valence-electron chi connectivity index (χ1n) is 7.85. The second kappa shape index (κ2) is 9.56. The van der Waals surface area contributed by atoms with Crippen LogP contribution in [0.3, 0.4) is 0 Å². The number of anilines is 1. The van der Waals surface area contributed by atoms with Crippen molar-refractivity contribution in [1.29, 1.82) is 0 Å². The zero-order valence-electron chi connectivity index (χ0n) is 14.2. The van der Waals surface area contributed by atoms with Gasteiger partial charge >= 0.3 is 0 Å². The van der Waals surface area contributed by atoms with Crippen LogP contribution in [0, 0.1) is 0 Å². The molecule has 0 aliphatic carbocycles. The van der Waals surface area contributed by atoms with Crippen LogP contribution < -0.4 is 5.32 Å². The van der Waals surface area contributed by atoms with E-state index in [0.29, 0.717) is 31.0 Å². The number of nitrogens with zero attached hydrogens (tertiary/aromatic N) is 4. The monoisotopic (exact) mass is 441 g/mol. The van der Waals surface area contributed by atoms with Crippen molar-refractivity contribution in [2.45, 2.75) is 33.1 Å². The topological polar surface area (TPSA) is 104 Å². The molecule has 1 atom stereocenters. The van der Waals surface area contributed by atoms with Gasteiger partial charge in [-0.1, -0.05) is 46.8 Å². The van der Waals surface area contributed by atoms with Crippen LogP contribution in [-0.4, -0.2) is 43.0 Å². The van der Waals surface area contributed by atoms with Crippen LogP contribution >= 0.6 is 46.5 Å². The summed E-state index contributed by atoms with van der Waals surface area (Å²) < 4.78 is 0.660. The number of aliphatic hydroxyl groups is 1. The Hall–Kier alpha value is -1.59. The molecular weight excluding hydrogens is 426 g/mol. The van der Waals surface area contributed by atoms with Gasteiger partial charge in [0.05, 0.1) is 6.61 Å². The third-order valence-electron chi connectivity index (χ3n) is 3.27. The predicted octanol–water partition coefficient (Wildman–Crippen LogP) is 3.92. The van der Waals surface area contributed by atoms with Gasteiger partial charge < -0.3 is 15.5 Å². The van der Waals surface area contributed by atoms with Crippen molar-refractivity contribution in [1.82, 2.24) is 20.2 Å². The number of thioether (sulfide) groups is 1. The molecule has 0 amide bonds. The second-order valence-electron chi connectivity index (χ2n) is 5.46. The lowest BCUT2D eigenvalue weighted by atomic mass is 10.2. The summed E-state index contributed by atoms with van der Waals surface area (Å²) in [5, 5.41) is 31.7. The van der Waals surface area contributed by atoms with E-state index < -0.39 is 0 Å². The van der Waals surface area contributed by atoms with E-state index in [1.54, 1.807) is 5.51 Å². The maximum absolute atomic E-state index is 10.4. The molecule has 0 bridgehead atoms. The molecule has 0 fully saturated rings. The van der Waals surface area contributed by atoms with Crippen molar-refractivity contribution in [2.24, 2.45) is 0 Å². The smallest absolute Gasteiger partial charge is 0.231 e. The van der Waals surface area contributed by atoms with Crippen molar-refractivity contribution in [2.75, 3.05) is 11.9 Å². The summed E-state index contributed by atoms with van der Waals surface area (Å²) in [5.74, 6) is 0.905. The molecule has 7 nitrogen and oxygen atoms in total. The van der Waals surface area contributed by atoms with Crippen LogP contribution in [-0.2, 0) is 5.75 Å². The van der Waals surface area contributed by atoms with E-state index in [-0.39, 0.29) is 18.5 Å². The van der Waals surface area contributed by atoms with Crippen LogP contribution in [0.4, 0.5) is 5.82 Å². The molecule has 0 radical (unpaired) electrons. The lowest BCUT2D eigenvalue weighted by Crippen LogP contribution is -2.20. The first-order chi connectivity index (χ1) is 13.0. The molecule has 27 heavy (non-hydrogen) atoms. The molecular formula is C16H16ClN5O2S3. The fourth-order valence-electron chi connectivity index (χ4n) is 2.02. The van der Waals surface area contributed by atoms with Crippen LogP contribution in [0.1, 0.15) is 12.5 Å². The maximum atomic E-state index is 10.4. The molecule has 2 heterocycles. The number of hydrogen-bond acceptors (Lipinski definition) is 10. The Bertz CT molecular complexity index is 898. The molecule has 0 unspecified atom stereocenters. The third-order valence-corrected chi connectivity index (χ3v) is 6.28. The minimum absolute atomic E-state index is 0.0708. The van der Waals surface area contributed by atoms with E-state index in [4.69, 9.17) is 11.6 Å². The lowest BCUT2D eigenvalue weighted by Gasteiger charge is -2.16. The van der Waals surface area contributed by atoms with Gasteiger partial charge in [0, 0.05) is 16.8 Å². The first-order valence-corrected chi connectivity index (χ1v) is 10.9. The van der Waals surface area contributed by atoms with Gasteiger partial charge in [-0.25, -0.2) is 4.98 Å². The van der Waals surface area contributed by atoms with Gasteiger partial charge in [0.2, 0.25) is 5.88 Å². The van der Waals surface area contributed by atoms with Gasteiger partial charge in [-0.2, -0.15) is 4.98 Å². The zero-order valence-corrected chi connectivity index (χ0v) is 17.4. The summed E-state index contributed by atoms with van der Waals surface area (Å²) in [6, 6.07) is 7.30. The Morgan fingerprint density at radius 2 is 2.19 bits per heavy atom. The van der Waals surface area contributed by atoms with Gasteiger partial charge in [-0.15, -0.1) is 10.2 Å². The number of benzene rings is 1. The highest BCUT2D eigenvalue weighted by molar-refractivity contribution is 8.01. The summed E-state index contributed by atoms with van der Waals surface area (Å²) in [6.07, 6.45) is 0. The molecule has 0 saturated heterocycles. The minimum Gasteiger partial charge on any atom is -0.492 e. The van der Waals surface area contributed by atoms with Gasteiger partial charge in [0.25, 0.3) is 0 Å².